The molecule has 0 saturated carbocycles. The van der Waals surface area contributed by atoms with Crippen LogP contribution >= 0.6 is 0 Å². The highest BCUT2D eigenvalue weighted by Crippen LogP contribution is 2.21. The molecule has 8 atom stereocenters. The molecule has 1 saturated heterocycles. The van der Waals surface area contributed by atoms with Crippen LogP contribution in [-0.2, 0) is 65.6 Å². The first-order chi connectivity index (χ1) is 37.0. The largest absolute Gasteiger partial charge is 0.508 e. The van der Waals surface area contributed by atoms with Crippen LogP contribution in [-0.4, -0.2) is 167 Å². The lowest BCUT2D eigenvalue weighted by molar-refractivity contribution is -0.143. The molecule has 0 bridgehead atoms. The summed E-state index contributed by atoms with van der Waals surface area (Å²) in [5.74, 6) is -10.3. The fraction of sp³-hybridized carbons (Fsp3) is 0.510. The van der Waals surface area contributed by atoms with Crippen LogP contribution in [0.15, 0.2) is 59.6 Å². The van der Waals surface area contributed by atoms with Gasteiger partial charge in [-0.25, -0.2) is 0 Å². The molecule has 2 aromatic rings. The van der Waals surface area contributed by atoms with E-state index in [-0.39, 0.29) is 76.3 Å². The highest BCUT2D eigenvalue weighted by atomic mass is 16.3. The van der Waals surface area contributed by atoms with Crippen molar-refractivity contribution in [3.63, 3.8) is 0 Å². The Balaban J connectivity index is 1.92. The average Bonchev–Trinajstić information content (AvgIpc) is 3.90. The normalized spacial score (nSPS) is 15.5. The topological polar surface area (TPSA) is 510 Å². The number of phenolic OH excluding ortho intramolecular Hbond substituents is 1. The van der Waals surface area contributed by atoms with Gasteiger partial charge in [-0.15, -0.1) is 0 Å². The lowest BCUT2D eigenvalue weighted by Gasteiger charge is -2.31. The monoisotopic (exact) mass is 1090 g/mol. The van der Waals surface area contributed by atoms with E-state index in [0.717, 1.165) is 0 Å². The molecule has 78 heavy (non-hydrogen) atoms. The number of guanidine groups is 1. The van der Waals surface area contributed by atoms with Crippen LogP contribution in [0.3, 0.4) is 0 Å². The van der Waals surface area contributed by atoms with Crippen LogP contribution in [0.25, 0.3) is 0 Å². The molecule has 29 nitrogen and oxygen atoms in total. The summed E-state index contributed by atoms with van der Waals surface area (Å²) in [4.78, 5) is 152. The van der Waals surface area contributed by atoms with Crippen molar-refractivity contribution in [2.45, 2.75) is 125 Å². The minimum Gasteiger partial charge on any atom is -0.508 e. The summed E-state index contributed by atoms with van der Waals surface area (Å²) in [5.41, 5.74) is 39.4. The lowest BCUT2D eigenvalue weighted by Crippen LogP contribution is -2.61. The Labute approximate surface area is 449 Å². The molecular weight excluding hydrogens is 1020 g/mol. The Hall–Kier alpha value is -8.44. The van der Waals surface area contributed by atoms with Crippen molar-refractivity contribution in [2.24, 2.45) is 45.1 Å². The van der Waals surface area contributed by atoms with Gasteiger partial charge in [-0.1, -0.05) is 42.5 Å². The second-order valence-corrected chi connectivity index (χ2v) is 18.5. The molecule has 23 N–H and O–H groups in total. The van der Waals surface area contributed by atoms with E-state index in [9.17, 15) is 63.0 Å². The van der Waals surface area contributed by atoms with Gasteiger partial charge in [-0.05, 0) is 81.2 Å². The van der Waals surface area contributed by atoms with Crippen LogP contribution in [0.5, 0.6) is 5.75 Å². The van der Waals surface area contributed by atoms with Gasteiger partial charge in [0.2, 0.25) is 65.0 Å². The predicted molar refractivity (Wildman–Crippen MR) is 281 cm³/mol. The van der Waals surface area contributed by atoms with Gasteiger partial charge in [0.25, 0.3) is 0 Å². The van der Waals surface area contributed by atoms with E-state index in [2.05, 4.69) is 42.2 Å². The zero-order chi connectivity index (χ0) is 57.9. The molecule has 1 heterocycles. The number of phenols is 1. The summed E-state index contributed by atoms with van der Waals surface area (Å²) in [5, 5.41) is 36.8. The number of hydrogen-bond donors (Lipinski definition) is 16. The maximum atomic E-state index is 14.4. The number of aliphatic imine (C=N–C) groups is 1. The number of aliphatic hydroxyl groups is 1. The van der Waals surface area contributed by atoms with E-state index in [0.29, 0.717) is 24.0 Å². The number of unbranched alkanes of at least 4 members (excludes halogenated alkanes) is 1. The number of nitrogens with zero attached hydrogens (tertiary/aromatic N) is 2. The van der Waals surface area contributed by atoms with E-state index in [1.165, 1.54) is 29.2 Å². The summed E-state index contributed by atoms with van der Waals surface area (Å²) in [6.07, 6.45) is -0.812. The molecule has 1 aliphatic heterocycles. The summed E-state index contributed by atoms with van der Waals surface area (Å²) < 4.78 is 0. The number of benzene rings is 2. The Morgan fingerprint density at radius 3 is 1.72 bits per heavy atom. The van der Waals surface area contributed by atoms with Crippen molar-refractivity contribution >= 4 is 70.9 Å². The average molecular weight is 1100 g/mol. The first-order valence-corrected chi connectivity index (χ1v) is 25.2. The van der Waals surface area contributed by atoms with E-state index in [1.54, 1.807) is 30.3 Å². The molecule has 0 radical (unpaired) electrons. The first kappa shape index (κ1) is 63.8. The number of nitrogens with two attached hydrogens (primary N) is 7. The zero-order valence-corrected chi connectivity index (χ0v) is 43.2. The molecule has 0 unspecified atom stereocenters. The standard InChI is InChI=1S/C49H74N16O13/c50-19-5-4-10-33(48(78)65-21-7-12-37(65)47(77)60-31(11-6-20-57-49(55)56)42(72)58-25-40(54)70)61-46(76)36(24-39(53)69)64-43(73)32(17-18-38(52)68)59-44(74)35(22-27-8-2-1-3-9-27)63-45(75)34(62-41(71)30(51)26-66)23-28-13-15-29(67)16-14-28/h1-3,8-9,13-16,30-37,66-67H,4-7,10-12,17-26,50-51H2,(H2,52,68)(H2,53,69)(H2,54,70)(H,58,72)(H,59,74)(H,60,77)(H,61,76)(H,62,71)(H,63,75)(H,64,73)(H4,55,56,57)/t30-,31-,32-,33-,34-,35-,36-,37-/m0/s1. The summed E-state index contributed by atoms with van der Waals surface area (Å²) in [6.45, 7) is -0.937. The summed E-state index contributed by atoms with van der Waals surface area (Å²) in [6, 6.07) is 2.43. The highest BCUT2D eigenvalue weighted by molar-refractivity contribution is 5.99. The molecule has 29 heteroatoms. The van der Waals surface area contributed by atoms with Crippen molar-refractivity contribution in [3.8, 4) is 5.75 Å². The van der Waals surface area contributed by atoms with E-state index in [4.69, 9.17) is 40.1 Å². The Kier molecular flexibility index (Phi) is 26.9. The number of carbonyl (C=O) groups excluding carboxylic acids is 11. The SMILES string of the molecule is NCCCC[C@H](NC(=O)[C@H](CC(N)=O)NC(=O)[C@H](CCC(N)=O)NC(=O)[C@H](Cc1ccccc1)NC(=O)[C@H](Cc1ccc(O)cc1)NC(=O)[C@@H](N)CO)C(=O)N1CCC[C@H]1C(=O)N[C@@H](CCCN=C(N)N)C(=O)NCC(N)=O. The minimum absolute atomic E-state index is 0.0173. The maximum absolute atomic E-state index is 14.4. The van der Waals surface area contributed by atoms with Gasteiger partial charge in [0, 0.05) is 32.4 Å². The molecule has 3 rings (SSSR count). The third-order valence-corrected chi connectivity index (χ3v) is 12.2. The van der Waals surface area contributed by atoms with Gasteiger partial charge in [0.05, 0.1) is 19.6 Å². The number of primary amides is 3. The fourth-order valence-corrected chi connectivity index (χ4v) is 8.14. The van der Waals surface area contributed by atoms with Crippen LogP contribution in [0, 0.1) is 0 Å². The second-order valence-electron chi connectivity index (χ2n) is 18.5. The second kappa shape index (κ2) is 32.9. The number of carbonyl (C=O) groups is 11. The van der Waals surface area contributed by atoms with E-state index < -0.39 is 146 Å². The predicted octanol–water partition coefficient (Wildman–Crippen LogP) is -6.68. The molecule has 0 aliphatic carbocycles. The van der Waals surface area contributed by atoms with Gasteiger partial charge in [-0.3, -0.25) is 57.7 Å². The van der Waals surface area contributed by atoms with Crippen LogP contribution in [0.1, 0.15) is 75.3 Å². The number of amides is 11. The van der Waals surface area contributed by atoms with E-state index in [1.807, 2.05) is 0 Å². The van der Waals surface area contributed by atoms with Gasteiger partial charge in [0.1, 0.15) is 54.1 Å². The van der Waals surface area contributed by atoms with Gasteiger partial charge >= 0.3 is 0 Å². The number of rotatable bonds is 34. The van der Waals surface area contributed by atoms with E-state index >= 15 is 0 Å². The van der Waals surface area contributed by atoms with Crippen molar-refractivity contribution < 1.29 is 63.0 Å². The van der Waals surface area contributed by atoms with Gasteiger partial charge in [-0.2, -0.15) is 0 Å². The number of likely N-dealkylation sites (tertiary alicyclic amines) is 1. The summed E-state index contributed by atoms with van der Waals surface area (Å²) in [7, 11) is 0. The molecule has 1 aliphatic rings. The van der Waals surface area contributed by atoms with Crippen LogP contribution in [0.4, 0.5) is 0 Å². The molecule has 1 fully saturated rings. The molecule has 0 aromatic heterocycles. The lowest BCUT2D eigenvalue weighted by atomic mass is 10.0. The third-order valence-electron chi connectivity index (χ3n) is 12.2. The fourth-order valence-electron chi connectivity index (χ4n) is 8.14. The van der Waals surface area contributed by atoms with Gasteiger partial charge in [0.15, 0.2) is 5.96 Å². The van der Waals surface area contributed by atoms with Gasteiger partial charge < -0.3 is 92.5 Å². The molecule has 2 aromatic carbocycles. The Bertz CT molecular complexity index is 2430. The van der Waals surface area contributed by atoms with Crippen molar-refractivity contribution in [1.29, 1.82) is 0 Å². The third kappa shape index (κ3) is 22.4. The molecule has 11 amide bonds. The summed E-state index contributed by atoms with van der Waals surface area (Å²) >= 11 is 0. The quantitative estimate of drug-likeness (QED) is 0.0176. The zero-order valence-electron chi connectivity index (χ0n) is 43.2. The number of aliphatic hydroxyl groups excluding tert-OH is 1. The van der Waals surface area contributed by atoms with Crippen LogP contribution in [0.2, 0.25) is 0 Å². The molecular formula is C49H74N16O13. The van der Waals surface area contributed by atoms with Crippen molar-refractivity contribution in [3.05, 3.63) is 65.7 Å². The number of hydrogen-bond acceptors (Lipinski definition) is 16. The highest BCUT2D eigenvalue weighted by Gasteiger charge is 2.40. The minimum atomic E-state index is -1.81. The van der Waals surface area contributed by atoms with Crippen molar-refractivity contribution in [1.82, 2.24) is 42.1 Å². The molecule has 428 valence electrons. The smallest absolute Gasteiger partial charge is 0.245 e. The Morgan fingerprint density at radius 2 is 1.14 bits per heavy atom. The number of aromatic hydroxyl groups is 1. The first-order valence-electron chi connectivity index (χ1n) is 25.2. The van der Waals surface area contributed by atoms with Crippen molar-refractivity contribution in [2.75, 3.05) is 32.8 Å². The molecule has 0 spiro atoms. The number of nitrogens with one attached hydrogen (secondary N) is 7. The van der Waals surface area contributed by atoms with Crippen LogP contribution < -0.4 is 77.4 Å². The Morgan fingerprint density at radius 1 is 0.603 bits per heavy atom. The maximum Gasteiger partial charge on any atom is 0.245 e.